The number of hydrogen-bond donors (Lipinski definition) is 0. The molecule has 1 aromatic rings. The monoisotopic (exact) mass is 344 g/mol. The van der Waals surface area contributed by atoms with Crippen LogP contribution in [0.1, 0.15) is 25.8 Å². The lowest BCUT2D eigenvalue weighted by molar-refractivity contribution is -0.180. The predicted molar refractivity (Wildman–Crippen MR) is 89.2 cm³/mol. The summed E-state index contributed by atoms with van der Waals surface area (Å²) in [5, 5.41) is 4.10. The Morgan fingerprint density at radius 2 is 1.96 bits per heavy atom. The van der Waals surface area contributed by atoms with Crippen LogP contribution in [0, 0.1) is 5.92 Å². The Labute approximate surface area is 147 Å². The van der Waals surface area contributed by atoms with Crippen LogP contribution in [-0.4, -0.2) is 59.2 Å². The lowest BCUT2D eigenvalue weighted by Gasteiger charge is -2.32. The summed E-state index contributed by atoms with van der Waals surface area (Å²) in [6, 6.07) is 10.3. The van der Waals surface area contributed by atoms with Crippen molar-refractivity contribution in [2.75, 3.05) is 13.1 Å². The van der Waals surface area contributed by atoms with E-state index in [0.717, 1.165) is 18.7 Å². The Morgan fingerprint density at radius 3 is 2.76 bits per heavy atom. The Bertz CT molecular complexity index is 679. The summed E-state index contributed by atoms with van der Waals surface area (Å²) in [6.45, 7) is 5.94. The average Bonchev–Trinajstić information content (AvgIpc) is 3.27. The van der Waals surface area contributed by atoms with Gasteiger partial charge in [-0.25, -0.2) is 5.01 Å². The van der Waals surface area contributed by atoms with Gasteiger partial charge in [0.25, 0.3) is 0 Å². The van der Waals surface area contributed by atoms with Crippen molar-refractivity contribution >= 4 is 5.91 Å². The van der Waals surface area contributed by atoms with E-state index in [0.29, 0.717) is 13.0 Å². The minimum Gasteiger partial charge on any atom is -0.369 e. The van der Waals surface area contributed by atoms with E-state index in [1.54, 1.807) is 0 Å². The standard InChI is InChI=1S/C19H24N2O4/c1-19(2)24-16-13-10-21-14(22)8-9-20(21)15(13)17(18(16)25-19)23-11-12-6-4-3-5-7-12/h3-7,13,15-18H,8-11H2,1-2H3/t13-,15+,16-,17-,18-/m0/s1. The number of rotatable bonds is 3. The first kappa shape index (κ1) is 15.8. The Morgan fingerprint density at radius 1 is 1.20 bits per heavy atom. The van der Waals surface area contributed by atoms with Crippen LogP contribution in [-0.2, 0) is 25.6 Å². The third-order valence-corrected chi connectivity index (χ3v) is 5.85. The van der Waals surface area contributed by atoms with Gasteiger partial charge in [-0.05, 0) is 19.4 Å². The first-order chi connectivity index (χ1) is 12.0. The summed E-state index contributed by atoms with van der Waals surface area (Å²) in [4.78, 5) is 12.2. The third-order valence-electron chi connectivity index (χ3n) is 5.85. The predicted octanol–water partition coefficient (Wildman–Crippen LogP) is 1.55. The number of amides is 1. The molecule has 134 valence electrons. The molecular weight excluding hydrogens is 320 g/mol. The summed E-state index contributed by atoms with van der Waals surface area (Å²) in [6.07, 6.45) is 0.413. The third kappa shape index (κ3) is 2.43. The molecule has 6 nitrogen and oxygen atoms in total. The smallest absolute Gasteiger partial charge is 0.238 e. The molecule has 0 radical (unpaired) electrons. The molecule has 1 saturated carbocycles. The first-order valence-corrected chi connectivity index (χ1v) is 9.12. The van der Waals surface area contributed by atoms with Crippen molar-refractivity contribution < 1.29 is 19.0 Å². The molecule has 5 atom stereocenters. The Kier molecular flexibility index (Phi) is 3.47. The molecule has 3 aliphatic heterocycles. The van der Waals surface area contributed by atoms with E-state index in [-0.39, 0.29) is 36.2 Å². The summed E-state index contributed by atoms with van der Waals surface area (Å²) in [5.74, 6) is -0.135. The zero-order valence-electron chi connectivity index (χ0n) is 14.6. The van der Waals surface area contributed by atoms with Crippen molar-refractivity contribution in [2.24, 2.45) is 5.92 Å². The lowest BCUT2D eigenvalue weighted by Crippen LogP contribution is -2.47. The van der Waals surface area contributed by atoms with Gasteiger partial charge in [-0.1, -0.05) is 30.3 Å². The van der Waals surface area contributed by atoms with E-state index in [4.69, 9.17) is 14.2 Å². The number of hydrazine groups is 1. The summed E-state index contributed by atoms with van der Waals surface area (Å²) < 4.78 is 18.8. The van der Waals surface area contributed by atoms with E-state index >= 15 is 0 Å². The fourth-order valence-corrected chi connectivity index (χ4v) is 4.92. The molecule has 1 aliphatic carbocycles. The Hall–Kier alpha value is -1.47. The average molecular weight is 344 g/mol. The fraction of sp³-hybridized carbons (Fsp3) is 0.632. The van der Waals surface area contributed by atoms with E-state index in [1.165, 1.54) is 0 Å². The topological polar surface area (TPSA) is 51.2 Å². The summed E-state index contributed by atoms with van der Waals surface area (Å²) in [7, 11) is 0. The van der Waals surface area contributed by atoms with Gasteiger partial charge in [0, 0.05) is 25.4 Å². The normalized spacial score (nSPS) is 38.9. The molecule has 25 heavy (non-hydrogen) atoms. The molecule has 6 heteroatoms. The van der Waals surface area contributed by atoms with Crippen LogP contribution in [0.4, 0.5) is 0 Å². The van der Waals surface area contributed by atoms with E-state index in [1.807, 2.05) is 37.1 Å². The molecule has 1 aromatic carbocycles. The summed E-state index contributed by atoms with van der Waals surface area (Å²) in [5.41, 5.74) is 1.15. The molecule has 4 aliphatic rings. The Balaban J connectivity index is 1.41. The highest BCUT2D eigenvalue weighted by Gasteiger charge is 2.65. The molecule has 4 fully saturated rings. The molecule has 0 spiro atoms. The van der Waals surface area contributed by atoms with Crippen LogP contribution >= 0.6 is 0 Å². The van der Waals surface area contributed by atoms with E-state index in [9.17, 15) is 4.79 Å². The number of fused-ring (bicyclic) bond motifs is 5. The van der Waals surface area contributed by atoms with Crippen LogP contribution in [0.15, 0.2) is 30.3 Å². The highest BCUT2D eigenvalue weighted by atomic mass is 16.8. The van der Waals surface area contributed by atoms with Gasteiger partial charge >= 0.3 is 0 Å². The minimum absolute atomic E-state index is 0.0147. The number of carbonyl (C=O) groups is 1. The molecule has 0 N–H and O–H groups in total. The van der Waals surface area contributed by atoms with Gasteiger partial charge < -0.3 is 14.2 Å². The molecule has 5 rings (SSSR count). The zero-order chi connectivity index (χ0) is 17.2. The molecule has 3 saturated heterocycles. The number of carbonyl (C=O) groups excluding carboxylic acids is 1. The second-order valence-corrected chi connectivity index (χ2v) is 7.87. The highest BCUT2D eigenvalue weighted by Crippen LogP contribution is 2.49. The van der Waals surface area contributed by atoms with Crippen LogP contribution in [0.5, 0.6) is 0 Å². The van der Waals surface area contributed by atoms with Crippen molar-refractivity contribution in [3.05, 3.63) is 35.9 Å². The van der Waals surface area contributed by atoms with Gasteiger partial charge in [0.05, 0.1) is 18.8 Å². The molecule has 0 aromatic heterocycles. The zero-order valence-corrected chi connectivity index (χ0v) is 14.6. The van der Waals surface area contributed by atoms with Gasteiger partial charge in [-0.3, -0.25) is 9.80 Å². The molecule has 0 unspecified atom stereocenters. The first-order valence-electron chi connectivity index (χ1n) is 9.12. The highest BCUT2D eigenvalue weighted by molar-refractivity contribution is 5.78. The van der Waals surface area contributed by atoms with Gasteiger partial charge in [0.15, 0.2) is 5.79 Å². The van der Waals surface area contributed by atoms with E-state index < -0.39 is 5.79 Å². The van der Waals surface area contributed by atoms with Crippen molar-refractivity contribution in [2.45, 2.75) is 57.0 Å². The number of hydrogen-bond acceptors (Lipinski definition) is 5. The SMILES string of the molecule is CC1(C)O[C@@H]2[C@@H](OCc3ccccc3)[C@H]3[C@H](CN4C(=O)CCN34)[C@@H]2O1. The maximum absolute atomic E-state index is 12.2. The maximum atomic E-state index is 12.2. The minimum atomic E-state index is -0.596. The largest absolute Gasteiger partial charge is 0.369 e. The molecule has 1 amide bonds. The number of nitrogens with zero attached hydrogens (tertiary/aromatic N) is 2. The maximum Gasteiger partial charge on any atom is 0.238 e. The van der Waals surface area contributed by atoms with Crippen molar-refractivity contribution in [1.82, 2.24) is 10.0 Å². The van der Waals surface area contributed by atoms with Crippen LogP contribution in [0.25, 0.3) is 0 Å². The van der Waals surface area contributed by atoms with Crippen molar-refractivity contribution in [1.29, 1.82) is 0 Å². The molecular formula is C19H24N2O4. The lowest BCUT2D eigenvalue weighted by atomic mass is 10.0. The van der Waals surface area contributed by atoms with Crippen molar-refractivity contribution in [3.63, 3.8) is 0 Å². The van der Waals surface area contributed by atoms with Crippen LogP contribution in [0.2, 0.25) is 0 Å². The number of ether oxygens (including phenoxy) is 3. The van der Waals surface area contributed by atoms with Crippen LogP contribution < -0.4 is 0 Å². The second kappa shape index (κ2) is 5.51. The fourth-order valence-electron chi connectivity index (χ4n) is 4.92. The van der Waals surface area contributed by atoms with Gasteiger partial charge in [-0.2, -0.15) is 0 Å². The van der Waals surface area contributed by atoms with Crippen molar-refractivity contribution in [3.8, 4) is 0 Å². The second-order valence-electron chi connectivity index (χ2n) is 7.87. The number of benzene rings is 1. The van der Waals surface area contributed by atoms with E-state index in [2.05, 4.69) is 17.1 Å². The van der Waals surface area contributed by atoms with Gasteiger partial charge in [0.1, 0.15) is 12.2 Å². The van der Waals surface area contributed by atoms with Crippen LogP contribution in [0.3, 0.4) is 0 Å². The van der Waals surface area contributed by atoms with Gasteiger partial charge in [-0.15, -0.1) is 0 Å². The summed E-state index contributed by atoms with van der Waals surface area (Å²) >= 11 is 0. The van der Waals surface area contributed by atoms with Gasteiger partial charge in [0.2, 0.25) is 5.91 Å². The molecule has 3 heterocycles. The molecule has 0 bridgehead atoms. The quantitative estimate of drug-likeness (QED) is 0.833.